The van der Waals surface area contributed by atoms with Crippen molar-refractivity contribution in [3.63, 3.8) is 0 Å². The Kier molecular flexibility index (Phi) is 3.42. The summed E-state index contributed by atoms with van der Waals surface area (Å²) in [5, 5.41) is 17.0. The van der Waals surface area contributed by atoms with Crippen molar-refractivity contribution in [2.45, 2.75) is 6.92 Å². The van der Waals surface area contributed by atoms with Crippen molar-refractivity contribution in [1.29, 1.82) is 0 Å². The maximum absolute atomic E-state index is 13.1. The van der Waals surface area contributed by atoms with Gasteiger partial charge in [0.05, 0.1) is 5.69 Å². The number of aromatic nitrogens is 3. The third-order valence-electron chi connectivity index (χ3n) is 3.24. The van der Waals surface area contributed by atoms with Gasteiger partial charge in [0.2, 0.25) is 0 Å². The Hall–Kier alpha value is -3.02. The topological polar surface area (TPSA) is 68.0 Å². The van der Waals surface area contributed by atoms with Gasteiger partial charge < -0.3 is 5.11 Å². The molecule has 0 radical (unpaired) electrons. The molecule has 1 aromatic heterocycles. The summed E-state index contributed by atoms with van der Waals surface area (Å²) in [7, 11) is 0. The highest BCUT2D eigenvalue weighted by Gasteiger charge is 2.21. The standard InChI is InChI=1S/C16H12FN3O2/c1-10-3-2-4-13(9-10)20-15(14(16(21)22)18-19-20)11-5-7-12(17)8-6-11/h2-9H,1H3,(H,21,22). The van der Waals surface area contributed by atoms with E-state index >= 15 is 0 Å². The molecule has 0 unspecified atom stereocenters. The summed E-state index contributed by atoms with van der Waals surface area (Å²) >= 11 is 0. The molecule has 0 saturated carbocycles. The van der Waals surface area contributed by atoms with E-state index in [1.807, 2.05) is 25.1 Å². The van der Waals surface area contributed by atoms with E-state index in [9.17, 15) is 14.3 Å². The zero-order valence-corrected chi connectivity index (χ0v) is 11.7. The largest absolute Gasteiger partial charge is 0.476 e. The van der Waals surface area contributed by atoms with Crippen LogP contribution in [0.4, 0.5) is 4.39 Å². The lowest BCUT2D eigenvalue weighted by molar-refractivity contribution is 0.0691. The first-order valence-corrected chi connectivity index (χ1v) is 6.58. The highest BCUT2D eigenvalue weighted by atomic mass is 19.1. The molecule has 0 saturated heterocycles. The van der Waals surface area contributed by atoms with E-state index in [-0.39, 0.29) is 5.69 Å². The number of nitrogens with zero attached hydrogens (tertiary/aromatic N) is 3. The minimum Gasteiger partial charge on any atom is -0.476 e. The Balaban J connectivity index is 2.24. The molecule has 0 aliphatic rings. The lowest BCUT2D eigenvalue weighted by Gasteiger charge is -2.08. The van der Waals surface area contributed by atoms with Gasteiger partial charge in [-0.1, -0.05) is 17.3 Å². The average Bonchev–Trinajstić information content (AvgIpc) is 2.93. The first kappa shape index (κ1) is 13.9. The number of carbonyl (C=O) groups is 1. The SMILES string of the molecule is Cc1cccc(-n2nnc(C(=O)O)c2-c2ccc(F)cc2)c1. The van der Waals surface area contributed by atoms with Gasteiger partial charge in [-0.15, -0.1) is 5.10 Å². The highest BCUT2D eigenvalue weighted by molar-refractivity contribution is 5.93. The average molecular weight is 297 g/mol. The van der Waals surface area contributed by atoms with Crippen LogP contribution in [0, 0.1) is 12.7 Å². The second-order valence-electron chi connectivity index (χ2n) is 4.85. The van der Waals surface area contributed by atoms with Crippen LogP contribution < -0.4 is 0 Å². The van der Waals surface area contributed by atoms with Crippen LogP contribution in [0.25, 0.3) is 16.9 Å². The van der Waals surface area contributed by atoms with Gasteiger partial charge >= 0.3 is 5.97 Å². The molecule has 0 amide bonds. The summed E-state index contributed by atoms with van der Waals surface area (Å²) in [4.78, 5) is 11.4. The molecular formula is C16H12FN3O2. The van der Waals surface area contributed by atoms with Crippen LogP contribution in [0.5, 0.6) is 0 Å². The van der Waals surface area contributed by atoms with Crippen molar-refractivity contribution < 1.29 is 14.3 Å². The number of rotatable bonds is 3. The van der Waals surface area contributed by atoms with Crippen molar-refractivity contribution in [2.24, 2.45) is 0 Å². The summed E-state index contributed by atoms with van der Waals surface area (Å²) < 4.78 is 14.6. The maximum atomic E-state index is 13.1. The van der Waals surface area contributed by atoms with E-state index in [4.69, 9.17) is 0 Å². The highest BCUT2D eigenvalue weighted by Crippen LogP contribution is 2.25. The van der Waals surface area contributed by atoms with Crippen LogP contribution in [-0.4, -0.2) is 26.1 Å². The van der Waals surface area contributed by atoms with Crippen molar-refractivity contribution in [1.82, 2.24) is 15.0 Å². The van der Waals surface area contributed by atoms with Gasteiger partial charge in [0.15, 0.2) is 5.69 Å². The van der Waals surface area contributed by atoms with E-state index in [2.05, 4.69) is 10.3 Å². The van der Waals surface area contributed by atoms with Gasteiger partial charge in [0.25, 0.3) is 0 Å². The van der Waals surface area contributed by atoms with Crippen molar-refractivity contribution in [2.75, 3.05) is 0 Å². The van der Waals surface area contributed by atoms with Gasteiger partial charge in [-0.3, -0.25) is 0 Å². The van der Waals surface area contributed by atoms with Crippen LogP contribution in [0.2, 0.25) is 0 Å². The molecule has 0 aliphatic carbocycles. The molecule has 0 atom stereocenters. The van der Waals surface area contributed by atoms with Crippen LogP contribution in [-0.2, 0) is 0 Å². The summed E-state index contributed by atoms with van der Waals surface area (Å²) in [6, 6.07) is 13.0. The minimum absolute atomic E-state index is 0.173. The molecule has 0 fully saturated rings. The van der Waals surface area contributed by atoms with Crippen molar-refractivity contribution >= 4 is 5.97 Å². The van der Waals surface area contributed by atoms with Crippen LogP contribution >= 0.6 is 0 Å². The van der Waals surface area contributed by atoms with Crippen LogP contribution in [0.15, 0.2) is 48.5 Å². The first-order valence-electron chi connectivity index (χ1n) is 6.58. The number of hydrogen-bond donors (Lipinski definition) is 1. The molecule has 1 heterocycles. The first-order chi connectivity index (χ1) is 10.6. The van der Waals surface area contributed by atoms with E-state index in [1.165, 1.54) is 28.9 Å². The number of hydrogen-bond acceptors (Lipinski definition) is 3. The van der Waals surface area contributed by atoms with Crippen LogP contribution in [0.3, 0.4) is 0 Å². The van der Waals surface area contributed by atoms with Gasteiger partial charge in [0, 0.05) is 5.56 Å². The second kappa shape index (κ2) is 5.40. The molecule has 3 rings (SSSR count). The maximum Gasteiger partial charge on any atom is 0.358 e. The van der Waals surface area contributed by atoms with Crippen molar-refractivity contribution in [3.8, 4) is 16.9 Å². The molecule has 22 heavy (non-hydrogen) atoms. The number of aryl methyl sites for hydroxylation is 1. The van der Waals surface area contributed by atoms with Crippen LogP contribution in [0.1, 0.15) is 16.1 Å². The van der Waals surface area contributed by atoms with Gasteiger partial charge in [-0.2, -0.15) is 0 Å². The van der Waals surface area contributed by atoms with E-state index in [0.29, 0.717) is 16.9 Å². The third-order valence-corrected chi connectivity index (χ3v) is 3.24. The molecule has 6 heteroatoms. The Labute approximate surface area is 125 Å². The quantitative estimate of drug-likeness (QED) is 0.806. The van der Waals surface area contributed by atoms with E-state index in [0.717, 1.165) is 5.56 Å². The number of aromatic carboxylic acids is 1. The monoisotopic (exact) mass is 297 g/mol. The zero-order valence-electron chi connectivity index (χ0n) is 11.7. The fourth-order valence-electron chi connectivity index (χ4n) is 2.23. The molecule has 0 spiro atoms. The van der Waals surface area contributed by atoms with E-state index < -0.39 is 11.8 Å². The number of carboxylic acid groups (broad SMARTS) is 1. The predicted octanol–water partition coefficient (Wildman–Crippen LogP) is 3.08. The Bertz CT molecular complexity index is 841. The van der Waals surface area contributed by atoms with E-state index in [1.54, 1.807) is 6.07 Å². The minimum atomic E-state index is -1.18. The Morgan fingerprint density at radius 2 is 1.91 bits per heavy atom. The normalized spacial score (nSPS) is 10.6. The molecule has 110 valence electrons. The zero-order chi connectivity index (χ0) is 15.7. The number of halogens is 1. The van der Waals surface area contributed by atoms with Gasteiger partial charge in [0.1, 0.15) is 11.5 Å². The predicted molar refractivity (Wildman–Crippen MR) is 78.4 cm³/mol. The fourth-order valence-corrected chi connectivity index (χ4v) is 2.23. The summed E-state index contributed by atoms with van der Waals surface area (Å²) in [6.45, 7) is 1.93. The second-order valence-corrected chi connectivity index (χ2v) is 4.85. The summed E-state index contributed by atoms with van der Waals surface area (Å²) in [5.41, 5.74) is 2.38. The number of benzene rings is 2. The fraction of sp³-hybridized carbons (Fsp3) is 0.0625. The Morgan fingerprint density at radius 1 is 1.18 bits per heavy atom. The Morgan fingerprint density at radius 3 is 2.55 bits per heavy atom. The summed E-state index contributed by atoms with van der Waals surface area (Å²) in [6.07, 6.45) is 0. The number of carboxylic acids is 1. The molecule has 0 aliphatic heterocycles. The summed E-state index contributed by atoms with van der Waals surface area (Å²) in [5.74, 6) is -1.58. The lowest BCUT2D eigenvalue weighted by Crippen LogP contribution is -2.03. The van der Waals surface area contributed by atoms with Crippen molar-refractivity contribution in [3.05, 3.63) is 65.6 Å². The third kappa shape index (κ3) is 2.46. The molecular weight excluding hydrogens is 285 g/mol. The molecule has 2 aromatic carbocycles. The molecule has 5 nitrogen and oxygen atoms in total. The molecule has 0 bridgehead atoms. The van der Waals surface area contributed by atoms with Gasteiger partial charge in [-0.05, 0) is 48.9 Å². The molecule has 1 N–H and O–H groups in total. The lowest BCUT2D eigenvalue weighted by atomic mass is 10.1. The molecule has 3 aromatic rings. The van der Waals surface area contributed by atoms with Gasteiger partial charge in [-0.25, -0.2) is 13.9 Å². The smallest absolute Gasteiger partial charge is 0.358 e.